The second-order valence-electron chi connectivity index (χ2n) is 8.27. The van der Waals surface area contributed by atoms with Crippen LogP contribution in [-0.4, -0.2) is 63.3 Å². The van der Waals surface area contributed by atoms with E-state index in [1.54, 1.807) is 35.3 Å². The molecule has 4 rings (SSSR count). The lowest BCUT2D eigenvalue weighted by molar-refractivity contribution is -0.115. The molecule has 9 heteroatoms. The van der Waals surface area contributed by atoms with Crippen molar-refractivity contribution in [1.82, 2.24) is 25.0 Å². The fraction of sp³-hybridized carbons (Fsp3) is 0.333. The normalized spacial score (nSPS) is 18.6. The minimum atomic E-state index is -0.302. The van der Waals surface area contributed by atoms with Gasteiger partial charge in [0.1, 0.15) is 12.7 Å². The Morgan fingerprint density at radius 3 is 2.36 bits per heavy atom. The summed E-state index contributed by atoms with van der Waals surface area (Å²) in [6, 6.07) is 14.7. The van der Waals surface area contributed by atoms with Crippen LogP contribution in [-0.2, 0) is 16.1 Å². The van der Waals surface area contributed by atoms with Gasteiger partial charge in [-0.3, -0.25) is 14.5 Å². The molecule has 2 aromatic carbocycles. The van der Waals surface area contributed by atoms with Crippen molar-refractivity contribution in [3.05, 3.63) is 72.3 Å². The smallest absolute Gasteiger partial charge is 0.251 e. The van der Waals surface area contributed by atoms with E-state index in [2.05, 4.69) is 39.5 Å². The molecule has 2 unspecified atom stereocenters. The summed E-state index contributed by atoms with van der Waals surface area (Å²) in [5.74, 6) is -0.587. The summed E-state index contributed by atoms with van der Waals surface area (Å²) in [6.45, 7) is 6.66. The maximum absolute atomic E-state index is 12.4. The molecule has 33 heavy (non-hydrogen) atoms. The fourth-order valence-electron chi connectivity index (χ4n) is 3.94. The molecule has 9 nitrogen and oxygen atoms in total. The van der Waals surface area contributed by atoms with E-state index in [0.29, 0.717) is 11.3 Å². The van der Waals surface area contributed by atoms with Gasteiger partial charge in [-0.25, -0.2) is 9.67 Å². The zero-order valence-electron chi connectivity index (χ0n) is 18.8. The number of ether oxygens (including phenoxy) is 1. The largest absolute Gasteiger partial charge is 0.373 e. The molecule has 0 bridgehead atoms. The average molecular weight is 449 g/mol. The number of benzene rings is 2. The Balaban J connectivity index is 1.24. The number of amides is 2. The number of nitrogens with one attached hydrogen (secondary N) is 2. The first-order valence-corrected chi connectivity index (χ1v) is 11.0. The van der Waals surface area contributed by atoms with Crippen molar-refractivity contribution in [3.63, 3.8) is 0 Å². The molecular formula is C24H28N6O3. The zero-order valence-corrected chi connectivity index (χ0v) is 18.8. The summed E-state index contributed by atoms with van der Waals surface area (Å²) < 4.78 is 7.40. The van der Waals surface area contributed by atoms with Gasteiger partial charge >= 0.3 is 0 Å². The van der Waals surface area contributed by atoms with Gasteiger partial charge in [0, 0.05) is 30.9 Å². The van der Waals surface area contributed by atoms with Gasteiger partial charge in [0.2, 0.25) is 5.91 Å². The minimum absolute atomic E-state index is 0.116. The molecule has 1 saturated heterocycles. The van der Waals surface area contributed by atoms with Crippen molar-refractivity contribution in [1.29, 1.82) is 0 Å². The van der Waals surface area contributed by atoms with Crippen LogP contribution in [0.5, 0.6) is 0 Å². The zero-order chi connectivity index (χ0) is 23.2. The van der Waals surface area contributed by atoms with Crippen molar-refractivity contribution in [3.8, 4) is 5.69 Å². The van der Waals surface area contributed by atoms with Crippen LogP contribution in [0, 0.1) is 0 Å². The highest BCUT2D eigenvalue weighted by molar-refractivity contribution is 5.99. The van der Waals surface area contributed by atoms with Crippen molar-refractivity contribution < 1.29 is 14.3 Å². The lowest BCUT2D eigenvalue weighted by atomic mass is 10.1. The van der Waals surface area contributed by atoms with Gasteiger partial charge < -0.3 is 15.4 Å². The molecule has 0 saturated carbocycles. The number of hydrogen-bond donors (Lipinski definition) is 2. The molecule has 1 aliphatic heterocycles. The number of hydrogen-bond acceptors (Lipinski definition) is 6. The summed E-state index contributed by atoms with van der Waals surface area (Å²) in [6.07, 6.45) is 3.49. The predicted molar refractivity (Wildman–Crippen MR) is 124 cm³/mol. The molecular weight excluding hydrogens is 420 g/mol. The van der Waals surface area contributed by atoms with Gasteiger partial charge in [0.15, 0.2) is 0 Å². The number of aromatic nitrogens is 3. The quantitative estimate of drug-likeness (QED) is 0.575. The van der Waals surface area contributed by atoms with E-state index in [1.807, 2.05) is 24.3 Å². The third kappa shape index (κ3) is 6.24. The Hall–Kier alpha value is -3.56. The Morgan fingerprint density at radius 1 is 1.03 bits per heavy atom. The Kier molecular flexibility index (Phi) is 7.11. The fourth-order valence-corrected chi connectivity index (χ4v) is 3.94. The number of morpholine rings is 1. The van der Waals surface area contributed by atoms with Crippen molar-refractivity contribution >= 4 is 17.5 Å². The second-order valence-corrected chi connectivity index (χ2v) is 8.27. The highest BCUT2D eigenvalue weighted by Crippen LogP contribution is 2.15. The highest BCUT2D eigenvalue weighted by Gasteiger charge is 2.22. The predicted octanol–water partition coefficient (Wildman–Crippen LogP) is 2.24. The van der Waals surface area contributed by atoms with Crippen LogP contribution < -0.4 is 10.6 Å². The van der Waals surface area contributed by atoms with Crippen molar-refractivity contribution in [2.24, 2.45) is 0 Å². The van der Waals surface area contributed by atoms with Gasteiger partial charge in [0.25, 0.3) is 5.91 Å². The number of carbonyl (C=O) groups excluding carboxylic acids is 2. The molecule has 0 aliphatic carbocycles. The summed E-state index contributed by atoms with van der Waals surface area (Å²) in [7, 11) is 0. The maximum atomic E-state index is 12.4. The number of anilines is 1. The molecule has 1 aliphatic rings. The molecule has 1 fully saturated rings. The molecule has 0 spiro atoms. The van der Waals surface area contributed by atoms with E-state index >= 15 is 0 Å². The summed E-state index contributed by atoms with van der Waals surface area (Å²) in [5.41, 5.74) is 3.13. The second kappa shape index (κ2) is 10.4. The van der Waals surface area contributed by atoms with Crippen LogP contribution in [0.1, 0.15) is 29.8 Å². The summed E-state index contributed by atoms with van der Waals surface area (Å²) >= 11 is 0. The first-order valence-electron chi connectivity index (χ1n) is 11.0. The van der Waals surface area contributed by atoms with E-state index in [9.17, 15) is 9.59 Å². The van der Waals surface area contributed by atoms with Crippen LogP contribution in [0.4, 0.5) is 5.69 Å². The third-order valence-corrected chi connectivity index (χ3v) is 5.36. The highest BCUT2D eigenvalue weighted by atomic mass is 16.5. The Bertz CT molecular complexity index is 1060. The molecule has 2 atom stereocenters. The minimum Gasteiger partial charge on any atom is -0.373 e. The van der Waals surface area contributed by atoms with E-state index in [-0.39, 0.29) is 30.6 Å². The van der Waals surface area contributed by atoms with E-state index in [0.717, 1.165) is 30.9 Å². The van der Waals surface area contributed by atoms with Gasteiger partial charge in [-0.1, -0.05) is 12.1 Å². The Labute approximate surface area is 192 Å². The molecule has 3 aromatic rings. The molecule has 1 aromatic heterocycles. The van der Waals surface area contributed by atoms with Crippen LogP contribution in [0.15, 0.2) is 61.2 Å². The van der Waals surface area contributed by atoms with Crippen LogP contribution in [0.25, 0.3) is 5.69 Å². The lowest BCUT2D eigenvalue weighted by Crippen LogP contribution is -2.44. The Morgan fingerprint density at radius 2 is 1.73 bits per heavy atom. The standard InChI is InChI=1S/C24H28N6O3/c1-17-12-29(13-18(2)33-17)14-19-3-5-20(6-4-19)24(32)26-11-23(31)28-21-7-9-22(10-8-21)30-16-25-15-27-30/h3-10,15-18H,11-14H2,1-2H3,(H,26,32)(H,28,31). The van der Waals surface area contributed by atoms with Crippen LogP contribution in [0.2, 0.25) is 0 Å². The summed E-state index contributed by atoms with van der Waals surface area (Å²) in [4.78, 5) is 30.9. The maximum Gasteiger partial charge on any atom is 0.251 e. The van der Waals surface area contributed by atoms with E-state index < -0.39 is 0 Å². The molecule has 172 valence electrons. The monoisotopic (exact) mass is 448 g/mol. The van der Waals surface area contributed by atoms with Gasteiger partial charge in [-0.2, -0.15) is 5.10 Å². The molecule has 2 amide bonds. The first kappa shape index (κ1) is 22.6. The number of nitrogens with zero attached hydrogens (tertiary/aromatic N) is 4. The first-order chi connectivity index (χ1) is 16.0. The van der Waals surface area contributed by atoms with Gasteiger partial charge in [0.05, 0.1) is 24.4 Å². The summed E-state index contributed by atoms with van der Waals surface area (Å²) in [5, 5.41) is 9.49. The molecule has 0 radical (unpaired) electrons. The van der Waals surface area contributed by atoms with Gasteiger partial charge in [-0.05, 0) is 55.8 Å². The SMILES string of the molecule is CC1CN(Cc2ccc(C(=O)NCC(=O)Nc3ccc(-n4cncn4)cc3)cc2)CC(C)O1. The van der Waals surface area contributed by atoms with Crippen LogP contribution in [0.3, 0.4) is 0 Å². The number of carbonyl (C=O) groups is 2. The topological polar surface area (TPSA) is 101 Å². The lowest BCUT2D eigenvalue weighted by Gasteiger charge is -2.35. The number of rotatable bonds is 7. The average Bonchev–Trinajstić information content (AvgIpc) is 3.33. The molecule has 2 heterocycles. The van der Waals surface area contributed by atoms with Crippen molar-refractivity contribution in [2.45, 2.75) is 32.6 Å². The third-order valence-electron chi connectivity index (χ3n) is 5.36. The van der Waals surface area contributed by atoms with Crippen molar-refractivity contribution in [2.75, 3.05) is 25.0 Å². The van der Waals surface area contributed by atoms with Gasteiger partial charge in [-0.15, -0.1) is 0 Å². The van der Waals surface area contributed by atoms with Crippen LogP contribution >= 0.6 is 0 Å². The van der Waals surface area contributed by atoms with E-state index in [4.69, 9.17) is 4.74 Å². The van der Waals surface area contributed by atoms with E-state index in [1.165, 1.54) is 6.33 Å². The molecule has 2 N–H and O–H groups in total.